The van der Waals surface area contributed by atoms with Crippen LogP contribution in [0.5, 0.6) is 0 Å². The van der Waals surface area contributed by atoms with Crippen LogP contribution in [0.4, 0.5) is 4.39 Å². The molecule has 1 saturated heterocycles. The van der Waals surface area contributed by atoms with Gasteiger partial charge in [-0.3, -0.25) is 4.90 Å². The number of nitrogens with zero attached hydrogens (tertiary/aromatic N) is 1. The lowest BCUT2D eigenvalue weighted by molar-refractivity contribution is 0.168. The summed E-state index contributed by atoms with van der Waals surface area (Å²) in [6.07, 6.45) is 3.54. The second-order valence-corrected chi connectivity index (χ2v) is 6.01. The molecule has 0 saturated carbocycles. The maximum atomic E-state index is 13.0. The van der Waals surface area contributed by atoms with Gasteiger partial charge in [-0.2, -0.15) is 0 Å². The normalized spacial score (nSPS) is 26.8. The lowest BCUT2D eigenvalue weighted by Gasteiger charge is -2.35. The van der Waals surface area contributed by atoms with Crippen LogP contribution in [0.1, 0.15) is 51.6 Å². The summed E-state index contributed by atoms with van der Waals surface area (Å²) in [5.41, 5.74) is 1.21. The summed E-state index contributed by atoms with van der Waals surface area (Å²) in [6, 6.07) is 8.51. The number of nitrogens with one attached hydrogen (secondary N) is 1. The number of rotatable bonds is 3. The van der Waals surface area contributed by atoms with Crippen LogP contribution in [0.3, 0.4) is 0 Å². The third kappa shape index (κ3) is 4.03. The molecule has 1 aromatic carbocycles. The van der Waals surface area contributed by atoms with E-state index in [1.54, 1.807) is 12.1 Å². The molecular formula is C17H27FN2. The predicted octanol–water partition coefficient (Wildman–Crippen LogP) is 3.74. The molecule has 1 aliphatic rings. The van der Waals surface area contributed by atoms with Crippen molar-refractivity contribution in [1.82, 2.24) is 10.2 Å². The number of benzene rings is 1. The van der Waals surface area contributed by atoms with Gasteiger partial charge < -0.3 is 5.32 Å². The molecule has 0 aromatic heterocycles. The van der Waals surface area contributed by atoms with Gasteiger partial charge in [-0.15, -0.1) is 0 Å². The van der Waals surface area contributed by atoms with Crippen molar-refractivity contribution < 1.29 is 4.39 Å². The molecule has 3 atom stereocenters. The average Bonchev–Trinajstić information content (AvgIpc) is 2.43. The molecule has 0 radical (unpaired) electrons. The molecule has 1 aromatic rings. The molecular weight excluding hydrogens is 251 g/mol. The van der Waals surface area contributed by atoms with E-state index in [1.165, 1.54) is 24.8 Å². The van der Waals surface area contributed by atoms with Gasteiger partial charge in [-0.05, 0) is 50.8 Å². The Balaban J connectivity index is 2.04. The molecule has 3 unspecified atom stereocenters. The first-order valence-corrected chi connectivity index (χ1v) is 7.85. The Bertz CT molecular complexity index is 404. The zero-order chi connectivity index (χ0) is 14.5. The first-order valence-electron chi connectivity index (χ1n) is 7.85. The van der Waals surface area contributed by atoms with Crippen molar-refractivity contribution in [2.24, 2.45) is 0 Å². The van der Waals surface area contributed by atoms with Gasteiger partial charge in [0, 0.05) is 31.2 Å². The largest absolute Gasteiger partial charge is 0.311 e. The van der Waals surface area contributed by atoms with Gasteiger partial charge in [0.05, 0.1) is 0 Å². The SMILES string of the molecule is CCC1CCN(C(C)c2ccc(F)cc2)CCC(C)N1. The number of halogens is 1. The van der Waals surface area contributed by atoms with Gasteiger partial charge in [0.15, 0.2) is 0 Å². The highest BCUT2D eigenvalue weighted by Gasteiger charge is 2.21. The number of hydrogen-bond donors (Lipinski definition) is 1. The van der Waals surface area contributed by atoms with Crippen molar-refractivity contribution >= 4 is 0 Å². The summed E-state index contributed by atoms with van der Waals surface area (Å²) in [5, 5.41) is 3.70. The van der Waals surface area contributed by atoms with E-state index < -0.39 is 0 Å². The highest BCUT2D eigenvalue weighted by Crippen LogP contribution is 2.23. The van der Waals surface area contributed by atoms with Crippen LogP contribution in [0.2, 0.25) is 0 Å². The van der Waals surface area contributed by atoms with Crippen molar-refractivity contribution in [3.8, 4) is 0 Å². The van der Waals surface area contributed by atoms with Crippen molar-refractivity contribution in [2.75, 3.05) is 13.1 Å². The van der Waals surface area contributed by atoms with E-state index in [9.17, 15) is 4.39 Å². The van der Waals surface area contributed by atoms with E-state index in [-0.39, 0.29) is 5.82 Å². The van der Waals surface area contributed by atoms with Crippen LogP contribution < -0.4 is 5.32 Å². The maximum absolute atomic E-state index is 13.0. The zero-order valence-electron chi connectivity index (χ0n) is 12.9. The van der Waals surface area contributed by atoms with E-state index in [1.807, 2.05) is 12.1 Å². The van der Waals surface area contributed by atoms with E-state index in [2.05, 4.69) is 31.0 Å². The fraction of sp³-hybridized carbons (Fsp3) is 0.647. The molecule has 0 aliphatic carbocycles. The molecule has 1 fully saturated rings. The van der Waals surface area contributed by atoms with Gasteiger partial charge in [-0.1, -0.05) is 19.1 Å². The Morgan fingerprint density at radius 1 is 1.25 bits per heavy atom. The monoisotopic (exact) mass is 278 g/mol. The smallest absolute Gasteiger partial charge is 0.123 e. The van der Waals surface area contributed by atoms with E-state index >= 15 is 0 Å². The fourth-order valence-corrected chi connectivity index (χ4v) is 3.02. The number of hydrogen-bond acceptors (Lipinski definition) is 2. The second-order valence-electron chi connectivity index (χ2n) is 6.01. The average molecular weight is 278 g/mol. The first kappa shape index (κ1) is 15.5. The van der Waals surface area contributed by atoms with Crippen LogP contribution in [0.25, 0.3) is 0 Å². The predicted molar refractivity (Wildman–Crippen MR) is 82.3 cm³/mol. The molecule has 3 heteroatoms. The third-order valence-electron chi connectivity index (χ3n) is 4.53. The highest BCUT2D eigenvalue weighted by molar-refractivity contribution is 5.19. The quantitative estimate of drug-likeness (QED) is 0.906. The Morgan fingerprint density at radius 2 is 1.90 bits per heavy atom. The molecule has 0 spiro atoms. The summed E-state index contributed by atoms with van der Waals surface area (Å²) in [4.78, 5) is 2.53. The summed E-state index contributed by atoms with van der Waals surface area (Å²) in [5.74, 6) is -0.155. The Labute approximate surface area is 122 Å². The lowest BCUT2D eigenvalue weighted by atomic mass is 10.0. The minimum Gasteiger partial charge on any atom is -0.311 e. The summed E-state index contributed by atoms with van der Waals surface area (Å²) in [6.45, 7) is 8.96. The van der Waals surface area contributed by atoms with Gasteiger partial charge >= 0.3 is 0 Å². The molecule has 112 valence electrons. The molecule has 1 heterocycles. The topological polar surface area (TPSA) is 15.3 Å². The summed E-state index contributed by atoms with van der Waals surface area (Å²) < 4.78 is 13.0. The zero-order valence-corrected chi connectivity index (χ0v) is 12.9. The first-order chi connectivity index (χ1) is 9.60. The maximum Gasteiger partial charge on any atom is 0.123 e. The van der Waals surface area contributed by atoms with Crippen molar-refractivity contribution in [3.05, 3.63) is 35.6 Å². The van der Waals surface area contributed by atoms with Crippen LogP contribution in [0, 0.1) is 5.82 Å². The van der Waals surface area contributed by atoms with Crippen molar-refractivity contribution in [3.63, 3.8) is 0 Å². The minimum atomic E-state index is -0.155. The molecule has 1 aliphatic heterocycles. The van der Waals surface area contributed by atoms with E-state index in [4.69, 9.17) is 0 Å². The van der Waals surface area contributed by atoms with Gasteiger partial charge in [0.2, 0.25) is 0 Å². The van der Waals surface area contributed by atoms with E-state index in [0.717, 1.165) is 13.1 Å². The van der Waals surface area contributed by atoms with Gasteiger partial charge in [0.1, 0.15) is 5.82 Å². The van der Waals surface area contributed by atoms with Crippen LogP contribution >= 0.6 is 0 Å². The van der Waals surface area contributed by atoms with Crippen LogP contribution in [-0.4, -0.2) is 30.1 Å². The molecule has 2 nitrogen and oxygen atoms in total. The Hall–Kier alpha value is -0.930. The van der Waals surface area contributed by atoms with Gasteiger partial charge in [-0.25, -0.2) is 4.39 Å². The Morgan fingerprint density at radius 3 is 2.55 bits per heavy atom. The molecule has 20 heavy (non-hydrogen) atoms. The summed E-state index contributed by atoms with van der Waals surface area (Å²) >= 11 is 0. The van der Waals surface area contributed by atoms with Gasteiger partial charge in [0.25, 0.3) is 0 Å². The second kappa shape index (κ2) is 7.19. The molecule has 2 rings (SSSR count). The fourth-order valence-electron chi connectivity index (χ4n) is 3.02. The van der Waals surface area contributed by atoms with E-state index in [0.29, 0.717) is 18.1 Å². The minimum absolute atomic E-state index is 0.155. The highest BCUT2D eigenvalue weighted by atomic mass is 19.1. The Kier molecular flexibility index (Phi) is 5.55. The molecule has 0 amide bonds. The van der Waals surface area contributed by atoms with Crippen LogP contribution in [0.15, 0.2) is 24.3 Å². The van der Waals surface area contributed by atoms with Crippen LogP contribution in [-0.2, 0) is 0 Å². The molecule has 1 N–H and O–H groups in total. The summed E-state index contributed by atoms with van der Waals surface area (Å²) in [7, 11) is 0. The lowest BCUT2D eigenvalue weighted by Crippen LogP contribution is -2.44. The van der Waals surface area contributed by atoms with Crippen molar-refractivity contribution in [1.29, 1.82) is 0 Å². The standard InChI is InChI=1S/C17H27FN2/c1-4-17-10-12-20(11-9-13(2)19-17)14(3)15-5-7-16(18)8-6-15/h5-8,13-14,17,19H,4,9-12H2,1-3H3. The molecule has 0 bridgehead atoms. The van der Waals surface area contributed by atoms with Crippen molar-refractivity contribution in [2.45, 2.75) is 58.2 Å². The third-order valence-corrected chi connectivity index (χ3v) is 4.53.